The van der Waals surface area contributed by atoms with Crippen LogP contribution in [0.1, 0.15) is 11.6 Å². The third-order valence-electron chi connectivity index (χ3n) is 2.71. The van der Waals surface area contributed by atoms with E-state index in [4.69, 9.17) is 5.11 Å². The number of anilines is 1. The molecule has 2 rings (SSSR count). The van der Waals surface area contributed by atoms with Crippen LogP contribution < -0.4 is 4.90 Å². The Morgan fingerprint density at radius 3 is 2.33 bits per heavy atom. The third kappa shape index (κ3) is 1.52. The second kappa shape index (κ2) is 3.95. The summed E-state index contributed by atoms with van der Waals surface area (Å²) >= 11 is 0. The molecule has 1 N–H and O–H groups in total. The molecule has 0 radical (unpaired) electrons. The van der Waals surface area contributed by atoms with Crippen LogP contribution in [0.3, 0.4) is 0 Å². The SMILES string of the molecule is O=C(O)N1c2ccccc2C([N+](=O)[O-])C1[N+](=O)[O-]. The first-order valence-electron chi connectivity index (χ1n) is 4.83. The summed E-state index contributed by atoms with van der Waals surface area (Å²) in [6.07, 6.45) is -3.52. The summed E-state index contributed by atoms with van der Waals surface area (Å²) in [5.74, 6) is 0. The second-order valence-electron chi connectivity index (χ2n) is 3.64. The highest BCUT2D eigenvalue weighted by atomic mass is 16.6. The number of nitro groups is 2. The number of rotatable bonds is 2. The molecule has 0 bridgehead atoms. The molecule has 0 aromatic heterocycles. The topological polar surface area (TPSA) is 127 Å². The average Bonchev–Trinajstić information content (AvgIpc) is 2.63. The molecule has 0 saturated carbocycles. The summed E-state index contributed by atoms with van der Waals surface area (Å²) in [5, 5.41) is 30.8. The molecule has 2 unspecified atom stereocenters. The van der Waals surface area contributed by atoms with Crippen molar-refractivity contribution in [2.75, 3.05) is 4.90 Å². The van der Waals surface area contributed by atoms with E-state index < -0.39 is 28.1 Å². The number of nitrogens with zero attached hydrogens (tertiary/aromatic N) is 3. The van der Waals surface area contributed by atoms with Crippen LogP contribution in [0, 0.1) is 20.2 Å². The highest BCUT2D eigenvalue weighted by Gasteiger charge is 2.57. The van der Waals surface area contributed by atoms with Crippen molar-refractivity contribution in [2.24, 2.45) is 0 Å². The van der Waals surface area contributed by atoms with E-state index in [0.29, 0.717) is 4.90 Å². The number of para-hydroxylation sites is 1. The molecule has 94 valence electrons. The smallest absolute Gasteiger partial charge is 0.417 e. The number of fused-ring (bicyclic) bond motifs is 1. The van der Waals surface area contributed by atoms with Crippen LogP contribution in [0.25, 0.3) is 0 Å². The van der Waals surface area contributed by atoms with Gasteiger partial charge >= 0.3 is 18.3 Å². The van der Waals surface area contributed by atoms with Crippen molar-refractivity contribution in [1.29, 1.82) is 0 Å². The lowest BCUT2D eigenvalue weighted by molar-refractivity contribution is -0.618. The Morgan fingerprint density at radius 1 is 1.22 bits per heavy atom. The molecule has 1 aliphatic heterocycles. The van der Waals surface area contributed by atoms with Gasteiger partial charge in [0.2, 0.25) is 0 Å². The molecule has 9 nitrogen and oxygen atoms in total. The number of hydrogen-bond donors (Lipinski definition) is 1. The van der Waals surface area contributed by atoms with Crippen LogP contribution in [0.5, 0.6) is 0 Å². The Kier molecular flexibility index (Phi) is 2.58. The van der Waals surface area contributed by atoms with Gasteiger partial charge in [-0.3, -0.25) is 20.2 Å². The number of carboxylic acid groups (broad SMARTS) is 1. The maximum atomic E-state index is 11.0. The summed E-state index contributed by atoms with van der Waals surface area (Å²) in [5.41, 5.74) is 0.0139. The Labute approximate surface area is 99.5 Å². The van der Waals surface area contributed by atoms with Crippen molar-refractivity contribution >= 4 is 11.8 Å². The minimum Gasteiger partial charge on any atom is -0.465 e. The molecular weight excluding hydrogens is 246 g/mol. The van der Waals surface area contributed by atoms with Crippen LogP contribution >= 0.6 is 0 Å². The second-order valence-corrected chi connectivity index (χ2v) is 3.64. The fourth-order valence-electron chi connectivity index (χ4n) is 2.05. The van der Waals surface area contributed by atoms with E-state index in [9.17, 15) is 25.0 Å². The van der Waals surface area contributed by atoms with Crippen LogP contribution in [-0.2, 0) is 0 Å². The monoisotopic (exact) mass is 253 g/mol. The Morgan fingerprint density at radius 2 is 1.83 bits per heavy atom. The molecule has 1 aliphatic rings. The minimum absolute atomic E-state index is 0.0200. The fourth-order valence-corrected chi connectivity index (χ4v) is 2.05. The summed E-state index contributed by atoms with van der Waals surface area (Å²) in [4.78, 5) is 31.5. The van der Waals surface area contributed by atoms with Gasteiger partial charge in [0.1, 0.15) is 0 Å². The number of carbonyl (C=O) groups is 1. The predicted octanol–water partition coefficient (Wildman–Crippen LogP) is 1.11. The van der Waals surface area contributed by atoms with E-state index >= 15 is 0 Å². The van der Waals surface area contributed by atoms with E-state index in [1.165, 1.54) is 24.3 Å². The molecule has 0 fully saturated rings. The standard InChI is InChI=1S/C9H7N3O6/c13-9(14)10-6-4-2-1-3-5(6)7(11(15)16)8(10)12(17)18/h1-4,7-8H,(H,13,14). The first kappa shape index (κ1) is 11.8. The van der Waals surface area contributed by atoms with Gasteiger partial charge in [-0.15, -0.1) is 0 Å². The van der Waals surface area contributed by atoms with Gasteiger partial charge in [-0.05, 0) is 12.1 Å². The molecule has 0 aliphatic carbocycles. The number of benzene rings is 1. The maximum Gasteiger partial charge on any atom is 0.417 e. The van der Waals surface area contributed by atoms with Crippen molar-refractivity contribution in [3.8, 4) is 0 Å². The van der Waals surface area contributed by atoms with E-state index in [-0.39, 0.29) is 11.3 Å². The largest absolute Gasteiger partial charge is 0.465 e. The zero-order valence-electron chi connectivity index (χ0n) is 8.79. The number of hydrogen-bond acceptors (Lipinski definition) is 5. The molecule has 1 heterocycles. The van der Waals surface area contributed by atoms with Crippen molar-refractivity contribution in [1.82, 2.24) is 0 Å². The van der Waals surface area contributed by atoms with Gasteiger partial charge in [-0.1, -0.05) is 12.1 Å². The summed E-state index contributed by atoms with van der Waals surface area (Å²) in [6, 6.07) is 3.88. The van der Waals surface area contributed by atoms with E-state index in [1.807, 2.05) is 0 Å². The first-order valence-corrected chi connectivity index (χ1v) is 4.83. The quantitative estimate of drug-likeness (QED) is 0.621. The molecule has 1 aromatic rings. The normalized spacial score (nSPS) is 21.4. The van der Waals surface area contributed by atoms with Gasteiger partial charge in [-0.25, -0.2) is 9.69 Å². The van der Waals surface area contributed by atoms with Crippen molar-refractivity contribution < 1.29 is 19.7 Å². The van der Waals surface area contributed by atoms with Crippen molar-refractivity contribution in [2.45, 2.75) is 12.2 Å². The van der Waals surface area contributed by atoms with Gasteiger partial charge in [0.15, 0.2) is 0 Å². The zero-order valence-corrected chi connectivity index (χ0v) is 8.79. The fraction of sp³-hybridized carbons (Fsp3) is 0.222. The highest BCUT2D eigenvalue weighted by Crippen LogP contribution is 2.41. The molecule has 0 saturated heterocycles. The van der Waals surface area contributed by atoms with Crippen LogP contribution in [0.15, 0.2) is 24.3 Å². The van der Waals surface area contributed by atoms with Crippen molar-refractivity contribution in [3.63, 3.8) is 0 Å². The van der Waals surface area contributed by atoms with Crippen molar-refractivity contribution in [3.05, 3.63) is 50.1 Å². The Balaban J connectivity index is 2.64. The lowest BCUT2D eigenvalue weighted by atomic mass is 10.1. The summed E-state index contributed by atoms with van der Waals surface area (Å²) in [6.45, 7) is 0. The molecule has 0 spiro atoms. The highest BCUT2D eigenvalue weighted by molar-refractivity contribution is 5.89. The van der Waals surface area contributed by atoms with Crippen LogP contribution in [-0.4, -0.2) is 27.2 Å². The molecule has 1 amide bonds. The molecule has 2 atom stereocenters. The van der Waals surface area contributed by atoms with Crippen LogP contribution in [0.4, 0.5) is 10.5 Å². The predicted molar refractivity (Wildman–Crippen MR) is 57.5 cm³/mol. The molecule has 18 heavy (non-hydrogen) atoms. The van der Waals surface area contributed by atoms with Crippen LogP contribution in [0.2, 0.25) is 0 Å². The summed E-state index contributed by atoms with van der Waals surface area (Å²) < 4.78 is 0. The lowest BCUT2D eigenvalue weighted by Gasteiger charge is -2.15. The maximum absolute atomic E-state index is 11.0. The molecule has 1 aromatic carbocycles. The van der Waals surface area contributed by atoms with E-state index in [0.717, 1.165) is 0 Å². The van der Waals surface area contributed by atoms with Gasteiger partial charge < -0.3 is 5.11 Å². The Bertz CT molecular complexity index is 504. The van der Waals surface area contributed by atoms with E-state index in [2.05, 4.69) is 0 Å². The lowest BCUT2D eigenvalue weighted by Crippen LogP contribution is -2.45. The van der Waals surface area contributed by atoms with E-state index in [1.54, 1.807) is 0 Å². The first-order chi connectivity index (χ1) is 8.45. The Hall–Kier alpha value is -2.71. The van der Waals surface area contributed by atoms with Gasteiger partial charge in [0.25, 0.3) is 0 Å². The summed E-state index contributed by atoms with van der Waals surface area (Å²) in [7, 11) is 0. The zero-order chi connectivity index (χ0) is 13.4. The average molecular weight is 253 g/mol. The minimum atomic E-state index is -1.94. The van der Waals surface area contributed by atoms with Gasteiger partial charge in [0.05, 0.1) is 16.2 Å². The third-order valence-corrected chi connectivity index (χ3v) is 2.71. The molecule has 9 heteroatoms. The van der Waals surface area contributed by atoms with Gasteiger partial charge in [0, 0.05) is 4.92 Å². The number of amides is 1. The molecular formula is C9H7N3O6. The van der Waals surface area contributed by atoms with Gasteiger partial charge in [-0.2, -0.15) is 0 Å².